The number of hydrogen-bond acceptors (Lipinski definition) is 4. The lowest BCUT2D eigenvalue weighted by atomic mass is 9.84. The van der Waals surface area contributed by atoms with Crippen LogP contribution in [0, 0.1) is 0 Å². The largest absolute Gasteiger partial charge is 0.355 e. The summed E-state index contributed by atoms with van der Waals surface area (Å²) in [5, 5.41) is 2.78. The monoisotopic (exact) mass is 393 g/mol. The smallest absolute Gasteiger partial charge is 0.243 e. The van der Waals surface area contributed by atoms with E-state index < -0.39 is 10.0 Å². The zero-order chi connectivity index (χ0) is 19.3. The SMILES string of the molecule is CCNC(=O)CN1CCN(S(=O)(=O)c2ccc(C3CCCCC3)cc2)CC1. The molecule has 0 spiro atoms. The molecule has 27 heavy (non-hydrogen) atoms. The van der Waals surface area contributed by atoms with Crippen molar-refractivity contribution >= 4 is 15.9 Å². The molecule has 6 nitrogen and oxygen atoms in total. The molecule has 1 N–H and O–H groups in total. The Labute approximate surface area is 163 Å². The summed E-state index contributed by atoms with van der Waals surface area (Å²) < 4.78 is 27.4. The highest BCUT2D eigenvalue weighted by molar-refractivity contribution is 7.89. The van der Waals surface area contributed by atoms with E-state index in [9.17, 15) is 13.2 Å². The molecule has 1 saturated carbocycles. The number of hydrogen-bond donors (Lipinski definition) is 1. The van der Waals surface area contributed by atoms with Crippen LogP contribution >= 0.6 is 0 Å². The van der Waals surface area contributed by atoms with E-state index in [0.29, 0.717) is 50.1 Å². The molecule has 1 aromatic rings. The first kappa shape index (κ1) is 20.3. The number of likely N-dealkylation sites (N-methyl/N-ethyl adjacent to an activating group) is 1. The Kier molecular flexibility index (Phi) is 6.89. The molecule has 150 valence electrons. The molecule has 1 aromatic carbocycles. The van der Waals surface area contributed by atoms with Crippen molar-refractivity contribution in [3.63, 3.8) is 0 Å². The van der Waals surface area contributed by atoms with Gasteiger partial charge in [0.15, 0.2) is 0 Å². The molecule has 2 fully saturated rings. The average Bonchev–Trinajstić information content (AvgIpc) is 2.69. The fourth-order valence-electron chi connectivity index (χ4n) is 4.08. The Hall–Kier alpha value is -1.44. The van der Waals surface area contributed by atoms with Crippen LogP contribution in [0.1, 0.15) is 50.5 Å². The summed E-state index contributed by atoms with van der Waals surface area (Å²) in [6.45, 7) is 4.84. The number of carbonyl (C=O) groups excluding carboxylic acids is 1. The van der Waals surface area contributed by atoms with Gasteiger partial charge in [0.05, 0.1) is 11.4 Å². The number of amides is 1. The van der Waals surface area contributed by atoms with Crippen LogP contribution in [0.5, 0.6) is 0 Å². The Morgan fingerprint density at radius 3 is 2.26 bits per heavy atom. The summed E-state index contributed by atoms with van der Waals surface area (Å²) in [7, 11) is -3.47. The summed E-state index contributed by atoms with van der Waals surface area (Å²) in [6.07, 6.45) is 6.27. The Morgan fingerprint density at radius 2 is 1.67 bits per heavy atom. The lowest BCUT2D eigenvalue weighted by Gasteiger charge is -2.33. The second kappa shape index (κ2) is 9.17. The van der Waals surface area contributed by atoms with Gasteiger partial charge in [-0.1, -0.05) is 31.4 Å². The van der Waals surface area contributed by atoms with Crippen molar-refractivity contribution in [1.82, 2.24) is 14.5 Å². The van der Waals surface area contributed by atoms with Gasteiger partial charge in [0.25, 0.3) is 0 Å². The van der Waals surface area contributed by atoms with Crippen LogP contribution in [0.15, 0.2) is 29.2 Å². The van der Waals surface area contributed by atoms with Crippen LogP contribution in [-0.2, 0) is 14.8 Å². The minimum Gasteiger partial charge on any atom is -0.355 e. The van der Waals surface area contributed by atoms with Crippen LogP contribution in [-0.4, -0.2) is 62.8 Å². The molecule has 1 amide bonds. The number of benzene rings is 1. The number of piperazine rings is 1. The molecule has 0 aromatic heterocycles. The molecule has 2 aliphatic rings. The molecule has 0 unspecified atom stereocenters. The molecule has 0 radical (unpaired) electrons. The van der Waals surface area contributed by atoms with E-state index >= 15 is 0 Å². The van der Waals surface area contributed by atoms with E-state index in [1.165, 1.54) is 42.0 Å². The molecular formula is C20H31N3O3S. The third kappa shape index (κ3) is 5.09. The van der Waals surface area contributed by atoms with Gasteiger partial charge in [0, 0.05) is 32.7 Å². The van der Waals surface area contributed by atoms with Gasteiger partial charge >= 0.3 is 0 Å². The van der Waals surface area contributed by atoms with Gasteiger partial charge in [-0.05, 0) is 43.4 Å². The van der Waals surface area contributed by atoms with Crippen molar-refractivity contribution in [2.45, 2.75) is 49.8 Å². The van der Waals surface area contributed by atoms with Gasteiger partial charge < -0.3 is 5.32 Å². The van der Waals surface area contributed by atoms with Crippen molar-refractivity contribution in [1.29, 1.82) is 0 Å². The number of sulfonamides is 1. The molecular weight excluding hydrogens is 362 g/mol. The zero-order valence-electron chi connectivity index (χ0n) is 16.2. The fourth-order valence-corrected chi connectivity index (χ4v) is 5.50. The number of nitrogens with one attached hydrogen (secondary N) is 1. The van der Waals surface area contributed by atoms with Gasteiger partial charge in [-0.2, -0.15) is 4.31 Å². The Morgan fingerprint density at radius 1 is 1.04 bits per heavy atom. The molecule has 1 heterocycles. The van der Waals surface area contributed by atoms with E-state index in [4.69, 9.17) is 0 Å². The van der Waals surface area contributed by atoms with E-state index in [1.807, 2.05) is 24.0 Å². The average molecular weight is 394 g/mol. The maximum absolute atomic E-state index is 12.9. The maximum atomic E-state index is 12.9. The van der Waals surface area contributed by atoms with Crippen LogP contribution < -0.4 is 5.32 Å². The van der Waals surface area contributed by atoms with Crippen LogP contribution in [0.4, 0.5) is 0 Å². The Bertz CT molecular complexity index is 719. The van der Waals surface area contributed by atoms with E-state index in [2.05, 4.69) is 5.32 Å². The van der Waals surface area contributed by atoms with Gasteiger partial charge in [0.2, 0.25) is 15.9 Å². The van der Waals surface area contributed by atoms with Crippen LogP contribution in [0.3, 0.4) is 0 Å². The van der Waals surface area contributed by atoms with Crippen molar-refractivity contribution in [3.8, 4) is 0 Å². The molecule has 1 aliphatic carbocycles. The van der Waals surface area contributed by atoms with Gasteiger partial charge in [0.1, 0.15) is 0 Å². The second-order valence-electron chi connectivity index (χ2n) is 7.54. The topological polar surface area (TPSA) is 69.7 Å². The van der Waals surface area contributed by atoms with E-state index in [0.717, 1.165) is 0 Å². The van der Waals surface area contributed by atoms with Crippen molar-refractivity contribution in [2.24, 2.45) is 0 Å². The lowest BCUT2D eigenvalue weighted by Crippen LogP contribution is -2.51. The fraction of sp³-hybridized carbons (Fsp3) is 0.650. The summed E-state index contributed by atoms with van der Waals surface area (Å²) in [5.41, 5.74) is 1.26. The first-order valence-corrected chi connectivity index (χ1v) is 11.5. The van der Waals surface area contributed by atoms with Crippen LogP contribution in [0.25, 0.3) is 0 Å². The first-order valence-electron chi connectivity index (χ1n) is 10.1. The summed E-state index contributed by atoms with van der Waals surface area (Å²) in [6, 6.07) is 7.52. The van der Waals surface area contributed by atoms with Crippen molar-refractivity contribution in [3.05, 3.63) is 29.8 Å². The third-order valence-electron chi connectivity index (χ3n) is 5.67. The van der Waals surface area contributed by atoms with Crippen molar-refractivity contribution < 1.29 is 13.2 Å². The highest BCUT2D eigenvalue weighted by atomic mass is 32.2. The highest BCUT2D eigenvalue weighted by Gasteiger charge is 2.29. The molecule has 0 atom stereocenters. The van der Waals surface area contributed by atoms with Gasteiger partial charge in [-0.3, -0.25) is 9.69 Å². The number of carbonyl (C=O) groups is 1. The first-order chi connectivity index (χ1) is 13.0. The lowest BCUT2D eigenvalue weighted by molar-refractivity contribution is -0.122. The van der Waals surface area contributed by atoms with Crippen LogP contribution in [0.2, 0.25) is 0 Å². The third-order valence-corrected chi connectivity index (χ3v) is 7.58. The minimum absolute atomic E-state index is 0.00731. The quantitative estimate of drug-likeness (QED) is 0.804. The van der Waals surface area contributed by atoms with E-state index in [-0.39, 0.29) is 5.91 Å². The minimum atomic E-state index is -3.47. The Balaban J connectivity index is 1.59. The summed E-state index contributed by atoms with van der Waals surface area (Å²) in [5.74, 6) is 0.570. The normalized spacial score (nSPS) is 20.5. The molecule has 1 aliphatic heterocycles. The summed E-state index contributed by atoms with van der Waals surface area (Å²) in [4.78, 5) is 14.1. The molecule has 1 saturated heterocycles. The highest BCUT2D eigenvalue weighted by Crippen LogP contribution is 2.33. The molecule has 7 heteroatoms. The van der Waals surface area contributed by atoms with E-state index in [1.54, 1.807) is 12.1 Å². The van der Waals surface area contributed by atoms with Gasteiger partial charge in [-0.15, -0.1) is 0 Å². The summed E-state index contributed by atoms with van der Waals surface area (Å²) >= 11 is 0. The van der Waals surface area contributed by atoms with Crippen molar-refractivity contribution in [2.75, 3.05) is 39.3 Å². The predicted molar refractivity (Wildman–Crippen MR) is 106 cm³/mol. The standard InChI is InChI=1S/C20H31N3O3S/c1-2-21-20(24)16-22-12-14-23(15-13-22)27(25,26)19-10-8-18(9-11-19)17-6-4-3-5-7-17/h8-11,17H,2-7,12-16H2,1H3,(H,21,24). The molecule has 3 rings (SSSR count). The zero-order valence-corrected chi connectivity index (χ0v) is 17.0. The van der Waals surface area contributed by atoms with Gasteiger partial charge in [-0.25, -0.2) is 8.42 Å². The maximum Gasteiger partial charge on any atom is 0.243 e. The second-order valence-corrected chi connectivity index (χ2v) is 9.48. The number of nitrogens with zero attached hydrogens (tertiary/aromatic N) is 2. The predicted octanol–water partition coefficient (Wildman–Crippen LogP) is 2.18. The number of rotatable bonds is 6. The molecule has 0 bridgehead atoms.